The van der Waals surface area contributed by atoms with E-state index in [1.54, 1.807) is 19.1 Å². The zero-order chi connectivity index (χ0) is 25.2. The number of aromatic nitrogens is 3. The first-order valence-electron chi connectivity index (χ1n) is 11.2. The van der Waals surface area contributed by atoms with Crippen LogP contribution in [0.3, 0.4) is 0 Å². The molecule has 0 aliphatic heterocycles. The number of hydrogen-bond acceptors (Lipinski definition) is 7. The van der Waals surface area contributed by atoms with Gasteiger partial charge in [-0.1, -0.05) is 24.8 Å². The van der Waals surface area contributed by atoms with Crippen molar-refractivity contribution < 1.29 is 13.9 Å². The number of fused-ring (bicyclic) bond motifs is 1. The van der Waals surface area contributed by atoms with Crippen molar-refractivity contribution in [3.05, 3.63) is 90.9 Å². The van der Waals surface area contributed by atoms with E-state index in [0.717, 1.165) is 22.4 Å². The van der Waals surface area contributed by atoms with Gasteiger partial charge >= 0.3 is 0 Å². The third kappa shape index (κ3) is 4.52. The number of furan rings is 1. The molecule has 0 unspecified atom stereocenters. The zero-order valence-electron chi connectivity index (χ0n) is 19.8. The molecule has 3 heterocycles. The minimum atomic E-state index is -0.238. The number of hydrogen-bond donors (Lipinski definition) is 2. The van der Waals surface area contributed by atoms with Crippen molar-refractivity contribution in [1.82, 2.24) is 15.0 Å². The monoisotopic (exact) mass is 477 g/mol. The number of nitrogens with zero attached hydrogens (tertiary/aromatic N) is 3. The molecule has 1 amide bonds. The van der Waals surface area contributed by atoms with Crippen LogP contribution < -0.4 is 15.8 Å². The predicted molar refractivity (Wildman–Crippen MR) is 140 cm³/mol. The minimum absolute atomic E-state index is 0.238. The SMILES string of the molecule is C=C(C)C(=O)Nc1ccc(-c2oc3ncnc(N)c3c2-c2ccc(Oc3cccc(C)n3)cc2)cc1. The summed E-state index contributed by atoms with van der Waals surface area (Å²) in [7, 11) is 0. The van der Waals surface area contributed by atoms with Crippen LogP contribution >= 0.6 is 0 Å². The summed E-state index contributed by atoms with van der Waals surface area (Å²) in [5.41, 5.74) is 11.0. The number of carbonyl (C=O) groups is 1. The number of pyridine rings is 1. The molecule has 0 spiro atoms. The molecular formula is C28H23N5O3. The standard InChI is InChI=1S/C28H23N5O3/c1-16(2)27(34)33-20-11-7-19(8-12-20)25-23(24-26(29)30-15-31-28(24)36-25)18-9-13-21(14-10-18)35-22-6-4-5-17(3)32-22/h4-15H,1H2,2-3H3,(H,33,34)(H2,29,30,31). The van der Waals surface area contributed by atoms with Crippen LogP contribution in [0.25, 0.3) is 33.6 Å². The minimum Gasteiger partial charge on any atom is -0.439 e. The van der Waals surface area contributed by atoms with Gasteiger partial charge in [0.05, 0.1) is 5.39 Å². The number of benzene rings is 2. The maximum absolute atomic E-state index is 11.9. The van der Waals surface area contributed by atoms with Crippen LogP contribution in [-0.2, 0) is 4.79 Å². The van der Waals surface area contributed by atoms with Crippen LogP contribution in [-0.4, -0.2) is 20.9 Å². The molecule has 0 bridgehead atoms. The van der Waals surface area contributed by atoms with E-state index in [4.69, 9.17) is 14.9 Å². The summed E-state index contributed by atoms with van der Waals surface area (Å²) in [6, 6.07) is 20.5. The van der Waals surface area contributed by atoms with Gasteiger partial charge in [-0.3, -0.25) is 4.79 Å². The number of amides is 1. The molecule has 36 heavy (non-hydrogen) atoms. The van der Waals surface area contributed by atoms with Gasteiger partial charge in [0.1, 0.15) is 23.7 Å². The molecule has 0 radical (unpaired) electrons. The zero-order valence-corrected chi connectivity index (χ0v) is 19.8. The first kappa shape index (κ1) is 22.8. The molecule has 5 rings (SSSR count). The predicted octanol–water partition coefficient (Wildman–Crippen LogP) is 6.15. The Morgan fingerprint density at radius 1 is 1.00 bits per heavy atom. The fourth-order valence-corrected chi connectivity index (χ4v) is 3.76. The third-order valence-electron chi connectivity index (χ3n) is 5.54. The Morgan fingerprint density at radius 3 is 2.42 bits per heavy atom. The number of ether oxygens (including phenoxy) is 1. The molecule has 0 atom stereocenters. The molecule has 0 fully saturated rings. The normalized spacial score (nSPS) is 10.8. The Hall–Kier alpha value is -4.98. The van der Waals surface area contributed by atoms with E-state index < -0.39 is 0 Å². The number of aryl methyl sites for hydroxylation is 1. The highest BCUT2D eigenvalue weighted by molar-refractivity contribution is 6.06. The van der Waals surface area contributed by atoms with Gasteiger partial charge in [0.15, 0.2) is 0 Å². The van der Waals surface area contributed by atoms with Crippen LogP contribution in [0.1, 0.15) is 12.6 Å². The first-order chi connectivity index (χ1) is 17.4. The third-order valence-corrected chi connectivity index (χ3v) is 5.54. The molecule has 8 nitrogen and oxygen atoms in total. The maximum Gasteiger partial charge on any atom is 0.250 e. The summed E-state index contributed by atoms with van der Waals surface area (Å²) in [5, 5.41) is 3.43. The van der Waals surface area contributed by atoms with Crippen LogP contribution in [0.15, 0.2) is 89.6 Å². The van der Waals surface area contributed by atoms with Crippen LogP contribution in [0.4, 0.5) is 11.5 Å². The smallest absolute Gasteiger partial charge is 0.250 e. The molecule has 178 valence electrons. The van der Waals surface area contributed by atoms with Crippen molar-refractivity contribution in [2.45, 2.75) is 13.8 Å². The van der Waals surface area contributed by atoms with Gasteiger partial charge in [0.25, 0.3) is 5.91 Å². The van der Waals surface area contributed by atoms with Gasteiger partial charge in [-0.25, -0.2) is 15.0 Å². The van der Waals surface area contributed by atoms with Crippen molar-refractivity contribution in [2.24, 2.45) is 0 Å². The van der Waals surface area contributed by atoms with Gasteiger partial charge in [-0.15, -0.1) is 0 Å². The Bertz CT molecular complexity index is 1590. The molecule has 2 aromatic carbocycles. The number of nitrogens with one attached hydrogen (secondary N) is 1. The first-order valence-corrected chi connectivity index (χ1v) is 11.2. The highest BCUT2D eigenvalue weighted by Crippen LogP contribution is 2.42. The lowest BCUT2D eigenvalue weighted by molar-refractivity contribution is -0.112. The number of rotatable bonds is 6. The van der Waals surface area contributed by atoms with E-state index in [0.29, 0.717) is 45.6 Å². The molecule has 3 N–H and O–H groups in total. The van der Waals surface area contributed by atoms with Gasteiger partial charge in [0, 0.05) is 34.1 Å². The molecule has 0 saturated carbocycles. The second-order valence-electron chi connectivity index (χ2n) is 8.30. The van der Waals surface area contributed by atoms with E-state index in [1.807, 2.05) is 61.5 Å². The second-order valence-corrected chi connectivity index (χ2v) is 8.30. The lowest BCUT2D eigenvalue weighted by Crippen LogP contribution is -2.11. The van der Waals surface area contributed by atoms with Crippen LogP contribution in [0.5, 0.6) is 11.6 Å². The summed E-state index contributed by atoms with van der Waals surface area (Å²) in [6.45, 7) is 7.23. The van der Waals surface area contributed by atoms with Gasteiger partial charge in [-0.05, 0) is 61.9 Å². The second kappa shape index (κ2) is 9.34. The molecule has 5 aromatic rings. The lowest BCUT2D eigenvalue weighted by Gasteiger charge is -2.09. The Kier molecular flexibility index (Phi) is 5.92. The average Bonchev–Trinajstić information content (AvgIpc) is 3.26. The van der Waals surface area contributed by atoms with Crippen molar-refractivity contribution in [3.8, 4) is 34.1 Å². The Morgan fingerprint density at radius 2 is 1.72 bits per heavy atom. The molecule has 0 saturated heterocycles. The van der Waals surface area contributed by atoms with Crippen molar-refractivity contribution in [1.29, 1.82) is 0 Å². The highest BCUT2D eigenvalue weighted by Gasteiger charge is 2.21. The molecular weight excluding hydrogens is 454 g/mol. The topological polar surface area (TPSA) is 116 Å². The summed E-state index contributed by atoms with van der Waals surface area (Å²) < 4.78 is 12.0. The number of carbonyl (C=O) groups excluding carboxylic acids is 1. The van der Waals surface area contributed by atoms with E-state index >= 15 is 0 Å². The Labute approximate surface area is 207 Å². The molecule has 3 aromatic heterocycles. The summed E-state index contributed by atoms with van der Waals surface area (Å²) in [4.78, 5) is 24.8. The van der Waals surface area contributed by atoms with Crippen molar-refractivity contribution in [3.63, 3.8) is 0 Å². The summed E-state index contributed by atoms with van der Waals surface area (Å²) >= 11 is 0. The molecule has 8 heteroatoms. The number of nitrogen functional groups attached to an aromatic ring is 1. The largest absolute Gasteiger partial charge is 0.439 e. The average molecular weight is 478 g/mol. The number of nitrogens with two attached hydrogens (primary N) is 1. The van der Waals surface area contributed by atoms with Gasteiger partial charge in [0.2, 0.25) is 11.6 Å². The maximum atomic E-state index is 11.9. The molecule has 0 aliphatic carbocycles. The lowest BCUT2D eigenvalue weighted by atomic mass is 9.99. The van der Waals surface area contributed by atoms with Crippen molar-refractivity contribution >= 4 is 28.5 Å². The van der Waals surface area contributed by atoms with E-state index in [9.17, 15) is 4.79 Å². The fraction of sp³-hybridized carbons (Fsp3) is 0.0714. The summed E-state index contributed by atoms with van der Waals surface area (Å²) in [6.07, 6.45) is 1.37. The van der Waals surface area contributed by atoms with Crippen LogP contribution in [0.2, 0.25) is 0 Å². The van der Waals surface area contributed by atoms with E-state index in [2.05, 4.69) is 26.8 Å². The van der Waals surface area contributed by atoms with Crippen LogP contribution in [0, 0.1) is 6.92 Å². The van der Waals surface area contributed by atoms with Gasteiger partial charge in [-0.2, -0.15) is 0 Å². The molecule has 0 aliphatic rings. The quantitative estimate of drug-likeness (QED) is 0.282. The van der Waals surface area contributed by atoms with Crippen molar-refractivity contribution in [2.75, 3.05) is 11.1 Å². The Balaban J connectivity index is 1.53. The fourth-order valence-electron chi connectivity index (χ4n) is 3.76. The van der Waals surface area contributed by atoms with E-state index in [-0.39, 0.29) is 5.91 Å². The van der Waals surface area contributed by atoms with Gasteiger partial charge < -0.3 is 20.2 Å². The highest BCUT2D eigenvalue weighted by atomic mass is 16.5. The van der Waals surface area contributed by atoms with E-state index in [1.165, 1.54) is 6.33 Å². The summed E-state index contributed by atoms with van der Waals surface area (Å²) in [5.74, 6) is 1.84. The number of anilines is 2.